The van der Waals surface area contributed by atoms with Crippen molar-refractivity contribution in [3.63, 3.8) is 0 Å². The maximum atomic E-state index is 12.9. The van der Waals surface area contributed by atoms with Crippen LogP contribution in [0.4, 0.5) is 5.95 Å². The lowest BCUT2D eigenvalue weighted by atomic mass is 10.00. The summed E-state index contributed by atoms with van der Waals surface area (Å²) < 4.78 is 1.78. The lowest BCUT2D eigenvalue weighted by Crippen LogP contribution is -2.35. The van der Waals surface area contributed by atoms with E-state index in [1.165, 1.54) is 6.33 Å². The zero-order valence-electron chi connectivity index (χ0n) is 15.5. The van der Waals surface area contributed by atoms with E-state index in [1.807, 2.05) is 37.4 Å². The number of para-hydroxylation sites is 1. The van der Waals surface area contributed by atoms with Crippen LogP contribution in [0.3, 0.4) is 0 Å². The Kier molecular flexibility index (Phi) is 4.10. The average molecular weight is 405 g/mol. The molecular formula is C21H17ClN6O. The van der Waals surface area contributed by atoms with Gasteiger partial charge in [-0.15, -0.1) is 0 Å². The number of hydrogen-bond donors (Lipinski definition) is 3. The van der Waals surface area contributed by atoms with E-state index in [4.69, 9.17) is 11.6 Å². The lowest BCUT2D eigenvalue weighted by Gasteiger charge is -2.29. The molecule has 144 valence electrons. The van der Waals surface area contributed by atoms with Gasteiger partial charge in [0.1, 0.15) is 12.4 Å². The lowest BCUT2D eigenvalue weighted by molar-refractivity contribution is 0.0961. The van der Waals surface area contributed by atoms with Crippen molar-refractivity contribution in [2.75, 3.05) is 5.32 Å². The molecule has 0 unspecified atom stereocenters. The van der Waals surface area contributed by atoms with Crippen LogP contribution in [0.2, 0.25) is 5.02 Å². The summed E-state index contributed by atoms with van der Waals surface area (Å²) in [5.41, 5.74) is 4.07. The van der Waals surface area contributed by atoms with Crippen LogP contribution in [0, 0.1) is 0 Å². The van der Waals surface area contributed by atoms with Crippen molar-refractivity contribution in [1.29, 1.82) is 0 Å². The Morgan fingerprint density at radius 3 is 2.79 bits per heavy atom. The molecule has 7 nitrogen and oxygen atoms in total. The van der Waals surface area contributed by atoms with Crippen molar-refractivity contribution in [2.45, 2.75) is 13.0 Å². The number of carbonyl (C=O) groups is 1. The maximum Gasteiger partial charge on any atom is 0.255 e. The number of amides is 1. The quantitative estimate of drug-likeness (QED) is 0.480. The summed E-state index contributed by atoms with van der Waals surface area (Å²) >= 11 is 5.95. The molecule has 0 spiro atoms. The molecule has 2 aromatic heterocycles. The molecule has 29 heavy (non-hydrogen) atoms. The van der Waals surface area contributed by atoms with Gasteiger partial charge in [0.15, 0.2) is 0 Å². The monoisotopic (exact) mass is 404 g/mol. The van der Waals surface area contributed by atoms with Crippen molar-refractivity contribution in [3.05, 3.63) is 88.6 Å². The number of benzene rings is 2. The largest absolute Gasteiger partial charge is 0.361 e. The number of aromatic amines is 1. The molecule has 0 fully saturated rings. The third-order valence-corrected chi connectivity index (χ3v) is 5.32. The number of anilines is 1. The Labute approximate surface area is 171 Å². The van der Waals surface area contributed by atoms with Gasteiger partial charge in [0, 0.05) is 38.9 Å². The van der Waals surface area contributed by atoms with E-state index >= 15 is 0 Å². The molecule has 0 aliphatic carbocycles. The molecule has 1 aliphatic rings. The third kappa shape index (κ3) is 2.96. The minimum atomic E-state index is -0.332. The van der Waals surface area contributed by atoms with E-state index in [1.54, 1.807) is 28.9 Å². The van der Waals surface area contributed by atoms with Crippen LogP contribution in [0.25, 0.3) is 10.9 Å². The fourth-order valence-electron chi connectivity index (χ4n) is 3.66. The van der Waals surface area contributed by atoms with Crippen molar-refractivity contribution < 1.29 is 4.79 Å². The maximum absolute atomic E-state index is 12.9. The van der Waals surface area contributed by atoms with Crippen LogP contribution < -0.4 is 10.6 Å². The predicted molar refractivity (Wildman–Crippen MR) is 112 cm³/mol. The molecule has 4 aromatic rings. The standard InChI is InChI=1S/C21H17ClN6O/c1-12-18(27-20(29)13-6-8-14(22)9-7-13)19(28-21(26-12)24-11-25-28)16-10-23-17-5-3-2-4-15(16)17/h2-11,19,23H,1H3,(H,27,29)(H,24,25,26)/t19-/m1/s1. The van der Waals surface area contributed by atoms with E-state index in [9.17, 15) is 4.79 Å². The van der Waals surface area contributed by atoms with Crippen LogP contribution in [0.15, 0.2) is 72.4 Å². The van der Waals surface area contributed by atoms with Crippen LogP contribution in [-0.4, -0.2) is 25.7 Å². The summed E-state index contributed by atoms with van der Waals surface area (Å²) in [7, 11) is 0. The zero-order valence-corrected chi connectivity index (χ0v) is 16.2. The Balaban J connectivity index is 1.60. The minimum Gasteiger partial charge on any atom is -0.361 e. The van der Waals surface area contributed by atoms with Crippen LogP contribution in [0.5, 0.6) is 0 Å². The molecule has 0 saturated carbocycles. The molecule has 3 N–H and O–H groups in total. The summed E-state index contributed by atoms with van der Waals surface area (Å²) in [6.45, 7) is 1.91. The van der Waals surface area contributed by atoms with Gasteiger partial charge in [0.05, 0.1) is 5.70 Å². The number of allylic oxidation sites excluding steroid dienone is 2. The van der Waals surface area contributed by atoms with Gasteiger partial charge in [0.25, 0.3) is 5.91 Å². The molecule has 0 saturated heterocycles. The Hall–Kier alpha value is -3.58. The smallest absolute Gasteiger partial charge is 0.255 e. The highest BCUT2D eigenvalue weighted by Gasteiger charge is 2.32. The van der Waals surface area contributed by atoms with Gasteiger partial charge in [-0.25, -0.2) is 4.68 Å². The molecule has 0 radical (unpaired) electrons. The second kappa shape index (κ2) is 6.79. The van der Waals surface area contributed by atoms with Gasteiger partial charge in [-0.1, -0.05) is 29.8 Å². The predicted octanol–water partition coefficient (Wildman–Crippen LogP) is 4.09. The van der Waals surface area contributed by atoms with Gasteiger partial charge in [-0.05, 0) is 37.3 Å². The van der Waals surface area contributed by atoms with E-state index in [0.29, 0.717) is 22.2 Å². The normalized spacial score (nSPS) is 15.9. The molecular weight excluding hydrogens is 388 g/mol. The summed E-state index contributed by atoms with van der Waals surface area (Å²) in [5, 5.41) is 12.3. The van der Waals surface area contributed by atoms with E-state index in [2.05, 4.69) is 25.7 Å². The molecule has 0 bridgehead atoms. The summed E-state index contributed by atoms with van der Waals surface area (Å²) in [6, 6.07) is 14.5. The fourth-order valence-corrected chi connectivity index (χ4v) is 3.78. The van der Waals surface area contributed by atoms with Crippen molar-refractivity contribution in [2.24, 2.45) is 0 Å². The first-order valence-electron chi connectivity index (χ1n) is 9.12. The SMILES string of the molecule is CC1=C(NC(=O)c2ccc(Cl)cc2)[C@@H](c2c[nH]c3ccccc23)n2ncnc2N1. The number of aromatic nitrogens is 4. The van der Waals surface area contributed by atoms with Crippen LogP contribution in [0.1, 0.15) is 28.9 Å². The average Bonchev–Trinajstić information content (AvgIpc) is 3.36. The topological polar surface area (TPSA) is 87.6 Å². The van der Waals surface area contributed by atoms with Gasteiger partial charge >= 0.3 is 0 Å². The highest BCUT2D eigenvalue weighted by atomic mass is 35.5. The first kappa shape index (κ1) is 17.5. The number of rotatable bonds is 3. The Morgan fingerprint density at radius 2 is 1.97 bits per heavy atom. The first-order valence-corrected chi connectivity index (χ1v) is 9.50. The zero-order chi connectivity index (χ0) is 20.0. The number of carbonyl (C=O) groups excluding carboxylic acids is 1. The molecule has 2 aromatic carbocycles. The van der Waals surface area contributed by atoms with Gasteiger partial charge in [-0.3, -0.25) is 4.79 Å². The summed E-state index contributed by atoms with van der Waals surface area (Å²) in [6.07, 6.45) is 3.45. The second-order valence-electron chi connectivity index (χ2n) is 6.85. The summed E-state index contributed by atoms with van der Waals surface area (Å²) in [4.78, 5) is 20.5. The Bertz CT molecular complexity index is 1250. The summed E-state index contributed by atoms with van der Waals surface area (Å²) in [5.74, 6) is 0.411. The number of fused-ring (bicyclic) bond motifs is 2. The van der Waals surface area contributed by atoms with Crippen molar-refractivity contribution in [1.82, 2.24) is 25.1 Å². The number of halogens is 1. The third-order valence-electron chi connectivity index (χ3n) is 5.06. The van der Waals surface area contributed by atoms with E-state index in [0.717, 1.165) is 22.2 Å². The van der Waals surface area contributed by atoms with Gasteiger partial charge < -0.3 is 15.6 Å². The van der Waals surface area contributed by atoms with Gasteiger partial charge in [0.2, 0.25) is 5.95 Å². The van der Waals surface area contributed by atoms with E-state index in [-0.39, 0.29) is 11.9 Å². The molecule has 1 atom stereocenters. The highest BCUT2D eigenvalue weighted by Crippen LogP contribution is 2.36. The number of H-pyrrole nitrogens is 1. The number of nitrogens with one attached hydrogen (secondary N) is 3. The second-order valence-corrected chi connectivity index (χ2v) is 7.28. The number of nitrogens with zero attached hydrogens (tertiary/aromatic N) is 3. The molecule has 8 heteroatoms. The number of hydrogen-bond acceptors (Lipinski definition) is 4. The van der Waals surface area contributed by atoms with Crippen LogP contribution >= 0.6 is 11.6 Å². The van der Waals surface area contributed by atoms with Gasteiger partial charge in [-0.2, -0.15) is 10.1 Å². The van der Waals surface area contributed by atoms with E-state index < -0.39 is 0 Å². The van der Waals surface area contributed by atoms with Crippen LogP contribution in [-0.2, 0) is 0 Å². The highest BCUT2D eigenvalue weighted by molar-refractivity contribution is 6.30. The first-order chi connectivity index (χ1) is 14.1. The Morgan fingerprint density at radius 1 is 1.17 bits per heavy atom. The molecule has 5 rings (SSSR count). The van der Waals surface area contributed by atoms with Crippen molar-refractivity contribution in [3.8, 4) is 0 Å². The van der Waals surface area contributed by atoms with Crippen molar-refractivity contribution >= 4 is 34.4 Å². The molecule has 1 amide bonds. The molecule has 1 aliphatic heterocycles. The minimum absolute atomic E-state index is 0.216. The molecule has 3 heterocycles. The fraction of sp³-hybridized carbons (Fsp3) is 0.0952.